The lowest BCUT2D eigenvalue weighted by molar-refractivity contribution is -0.254. The van der Waals surface area contributed by atoms with Crippen LogP contribution in [-0.2, 0) is 9.53 Å². The molecule has 0 aliphatic carbocycles. The molecule has 2 aromatic rings. The smallest absolute Gasteiger partial charge is 0.316 e. The van der Waals surface area contributed by atoms with Crippen LogP contribution >= 0.6 is 23.1 Å². The number of thioether (sulfide) groups is 1. The Kier molecular flexibility index (Phi) is 4.63. The van der Waals surface area contributed by atoms with Crippen LogP contribution in [0.2, 0.25) is 0 Å². The van der Waals surface area contributed by atoms with Crippen molar-refractivity contribution in [3.05, 3.63) is 20.8 Å². The van der Waals surface area contributed by atoms with Crippen molar-refractivity contribution < 1.29 is 19.4 Å². The molecule has 0 bridgehead atoms. The average molecular weight is 327 g/mol. The monoisotopic (exact) mass is 327 g/mol. The molecule has 0 saturated heterocycles. The molecular formula is C12H11N2O5S2-. The lowest BCUT2D eigenvalue weighted by Crippen LogP contribution is -2.21. The lowest BCUT2D eigenvalue weighted by Gasteiger charge is -2.01. The van der Waals surface area contributed by atoms with Gasteiger partial charge in [0.05, 0.1) is 28.6 Å². The number of nitrogens with zero attached hydrogens (tertiary/aromatic N) is 1. The van der Waals surface area contributed by atoms with E-state index in [-0.39, 0.29) is 27.8 Å². The first-order valence-electron chi connectivity index (χ1n) is 5.97. The van der Waals surface area contributed by atoms with Gasteiger partial charge in [0, 0.05) is 0 Å². The van der Waals surface area contributed by atoms with E-state index in [0.717, 1.165) is 23.1 Å². The van der Waals surface area contributed by atoms with E-state index < -0.39 is 17.5 Å². The van der Waals surface area contributed by atoms with E-state index in [4.69, 9.17) is 4.74 Å². The zero-order valence-electron chi connectivity index (χ0n) is 11.2. The van der Waals surface area contributed by atoms with E-state index in [9.17, 15) is 19.5 Å². The van der Waals surface area contributed by atoms with Crippen LogP contribution in [0.3, 0.4) is 0 Å². The molecule has 0 aliphatic heterocycles. The predicted molar refractivity (Wildman–Crippen MR) is 76.7 cm³/mol. The summed E-state index contributed by atoms with van der Waals surface area (Å²) in [6.45, 7) is 3.51. The van der Waals surface area contributed by atoms with Crippen LogP contribution in [0.25, 0.3) is 10.2 Å². The van der Waals surface area contributed by atoms with E-state index in [2.05, 4.69) is 9.97 Å². The minimum atomic E-state index is -1.34. The van der Waals surface area contributed by atoms with Gasteiger partial charge < -0.3 is 19.6 Å². The van der Waals surface area contributed by atoms with Crippen molar-refractivity contribution in [2.45, 2.75) is 19.0 Å². The number of aromatic nitrogens is 2. The quantitative estimate of drug-likeness (QED) is 0.478. The molecule has 9 heteroatoms. The Morgan fingerprint density at radius 3 is 2.81 bits per heavy atom. The van der Waals surface area contributed by atoms with Gasteiger partial charge in [-0.25, -0.2) is 4.98 Å². The largest absolute Gasteiger partial charge is 0.544 e. The number of fused-ring (bicyclic) bond motifs is 1. The number of rotatable bonds is 5. The molecule has 0 fully saturated rings. The van der Waals surface area contributed by atoms with E-state index in [1.807, 2.05) is 0 Å². The van der Waals surface area contributed by atoms with Crippen LogP contribution in [0.5, 0.6) is 0 Å². The Bertz CT molecular complexity index is 765. The van der Waals surface area contributed by atoms with Crippen molar-refractivity contribution in [2.75, 3.05) is 12.4 Å². The molecule has 2 rings (SSSR count). The van der Waals surface area contributed by atoms with Crippen LogP contribution < -0.4 is 10.7 Å². The number of ether oxygens (including phenoxy) is 1. The topological polar surface area (TPSA) is 112 Å². The number of H-pyrrole nitrogens is 1. The van der Waals surface area contributed by atoms with Crippen molar-refractivity contribution in [1.82, 2.24) is 9.97 Å². The van der Waals surface area contributed by atoms with Crippen molar-refractivity contribution in [2.24, 2.45) is 0 Å². The normalized spacial score (nSPS) is 10.8. The molecule has 0 aromatic carbocycles. The molecular weight excluding hydrogens is 316 g/mol. The maximum Gasteiger partial charge on any atom is 0.316 e. The maximum atomic E-state index is 12.0. The van der Waals surface area contributed by atoms with Crippen molar-refractivity contribution in [3.8, 4) is 0 Å². The van der Waals surface area contributed by atoms with E-state index in [0.29, 0.717) is 10.4 Å². The number of carbonyl (C=O) groups is 2. The Morgan fingerprint density at radius 2 is 2.19 bits per heavy atom. The second-order valence-corrected chi connectivity index (χ2v) is 5.95. The Morgan fingerprint density at radius 1 is 1.48 bits per heavy atom. The number of aryl methyl sites for hydroxylation is 1. The molecule has 1 N–H and O–H groups in total. The number of carboxylic acid groups (broad SMARTS) is 1. The predicted octanol–water partition coefficient (Wildman–Crippen LogP) is 0.312. The SMILES string of the molecule is CCOC(=O)CSc1nc2sc(C(=O)[O-])c(C)c2c(=O)[nH]1. The lowest BCUT2D eigenvalue weighted by atomic mass is 10.2. The van der Waals surface area contributed by atoms with Gasteiger partial charge in [-0.15, -0.1) is 11.3 Å². The molecule has 0 unspecified atom stereocenters. The second-order valence-electron chi connectivity index (χ2n) is 3.99. The summed E-state index contributed by atoms with van der Waals surface area (Å²) in [6, 6.07) is 0. The Labute approximate surface area is 127 Å². The fourth-order valence-electron chi connectivity index (χ4n) is 1.72. The summed E-state index contributed by atoms with van der Waals surface area (Å²) >= 11 is 1.91. The highest BCUT2D eigenvalue weighted by Gasteiger charge is 2.15. The molecule has 0 aliphatic rings. The zero-order chi connectivity index (χ0) is 15.6. The molecule has 0 amide bonds. The van der Waals surface area contributed by atoms with Gasteiger partial charge in [0.15, 0.2) is 5.16 Å². The third-order valence-electron chi connectivity index (χ3n) is 2.60. The summed E-state index contributed by atoms with van der Waals surface area (Å²) in [4.78, 5) is 41.2. The van der Waals surface area contributed by atoms with Crippen LogP contribution in [-0.4, -0.2) is 34.3 Å². The maximum absolute atomic E-state index is 12.0. The van der Waals surface area contributed by atoms with Crippen LogP contribution in [0, 0.1) is 6.92 Å². The van der Waals surface area contributed by atoms with Crippen LogP contribution in [0.15, 0.2) is 9.95 Å². The number of thiophene rings is 1. The van der Waals surface area contributed by atoms with Crippen molar-refractivity contribution in [1.29, 1.82) is 0 Å². The Hall–Kier alpha value is -1.87. The minimum Gasteiger partial charge on any atom is -0.544 e. The van der Waals surface area contributed by atoms with Gasteiger partial charge in [0.1, 0.15) is 4.83 Å². The number of carboxylic acids is 1. The number of hydrogen-bond donors (Lipinski definition) is 1. The van der Waals surface area contributed by atoms with Gasteiger partial charge in [-0.05, 0) is 19.4 Å². The van der Waals surface area contributed by atoms with Gasteiger partial charge in [0.25, 0.3) is 5.56 Å². The van der Waals surface area contributed by atoms with Crippen LogP contribution in [0.1, 0.15) is 22.2 Å². The fourth-order valence-corrected chi connectivity index (χ4v) is 3.45. The summed E-state index contributed by atoms with van der Waals surface area (Å²) in [6.07, 6.45) is 0. The summed E-state index contributed by atoms with van der Waals surface area (Å²) in [5.41, 5.74) is -0.0988. The van der Waals surface area contributed by atoms with Crippen molar-refractivity contribution >= 4 is 45.3 Å². The van der Waals surface area contributed by atoms with Gasteiger partial charge in [-0.1, -0.05) is 11.8 Å². The third kappa shape index (κ3) is 3.24. The average Bonchev–Trinajstić information content (AvgIpc) is 2.74. The first-order chi connectivity index (χ1) is 9.93. The third-order valence-corrected chi connectivity index (χ3v) is 4.61. The van der Waals surface area contributed by atoms with Gasteiger partial charge in [-0.2, -0.15) is 0 Å². The highest BCUT2D eigenvalue weighted by Crippen LogP contribution is 2.27. The van der Waals surface area contributed by atoms with Gasteiger partial charge in [-0.3, -0.25) is 9.59 Å². The van der Waals surface area contributed by atoms with Crippen molar-refractivity contribution in [3.63, 3.8) is 0 Å². The zero-order valence-corrected chi connectivity index (χ0v) is 12.9. The number of hydrogen-bond acceptors (Lipinski definition) is 8. The molecule has 0 atom stereocenters. The minimum absolute atomic E-state index is 0.0139. The number of nitrogens with one attached hydrogen (secondary N) is 1. The van der Waals surface area contributed by atoms with E-state index >= 15 is 0 Å². The first kappa shape index (κ1) is 15.5. The first-order valence-corrected chi connectivity index (χ1v) is 7.77. The highest BCUT2D eigenvalue weighted by molar-refractivity contribution is 7.99. The molecule has 2 heterocycles. The summed E-state index contributed by atoms with van der Waals surface area (Å²) in [7, 11) is 0. The molecule has 7 nitrogen and oxygen atoms in total. The summed E-state index contributed by atoms with van der Waals surface area (Å²) in [5.74, 6) is -1.74. The molecule has 0 saturated carbocycles. The highest BCUT2D eigenvalue weighted by atomic mass is 32.2. The number of esters is 1. The molecule has 0 spiro atoms. The van der Waals surface area contributed by atoms with E-state index in [1.165, 1.54) is 6.92 Å². The van der Waals surface area contributed by atoms with E-state index in [1.54, 1.807) is 6.92 Å². The Balaban J connectivity index is 2.35. The number of aromatic amines is 1. The fraction of sp³-hybridized carbons (Fsp3) is 0.333. The number of aromatic carboxylic acids is 1. The molecule has 112 valence electrons. The van der Waals surface area contributed by atoms with Crippen LogP contribution in [0.4, 0.5) is 0 Å². The molecule has 2 aromatic heterocycles. The van der Waals surface area contributed by atoms with Gasteiger partial charge in [0.2, 0.25) is 0 Å². The second kappa shape index (κ2) is 6.27. The summed E-state index contributed by atoms with van der Waals surface area (Å²) < 4.78 is 4.77. The summed E-state index contributed by atoms with van der Waals surface area (Å²) in [5, 5.41) is 11.4. The standard InChI is InChI=1S/C12H12N2O5S2/c1-3-19-6(15)4-20-12-13-9(16)7-5(2)8(11(17)18)21-10(7)14-12/h3-4H2,1-2H3,(H,17,18)(H,13,14,16)/p-1. The van der Waals surface area contributed by atoms with Gasteiger partial charge >= 0.3 is 5.97 Å². The molecule has 0 radical (unpaired) electrons. The molecule has 21 heavy (non-hydrogen) atoms. The number of carbonyl (C=O) groups excluding carboxylic acids is 2.